The van der Waals surface area contributed by atoms with E-state index in [9.17, 15) is 10.1 Å². The average Bonchev–Trinajstić information content (AvgIpc) is 3.26. The Kier molecular flexibility index (Phi) is 6.30. The van der Waals surface area contributed by atoms with Crippen molar-refractivity contribution in [2.75, 3.05) is 25.1 Å². The summed E-state index contributed by atoms with van der Waals surface area (Å²) in [6.45, 7) is 6.93. The number of nitro groups is 1. The summed E-state index contributed by atoms with van der Waals surface area (Å²) >= 11 is 5.83. The highest BCUT2D eigenvalue weighted by Crippen LogP contribution is 2.33. The van der Waals surface area contributed by atoms with E-state index >= 15 is 0 Å². The minimum absolute atomic E-state index is 0.00197. The molecule has 0 radical (unpaired) electrons. The Morgan fingerprint density at radius 1 is 1.54 bits per heavy atom. The number of aryl methyl sites for hydroxylation is 1. The smallest absolute Gasteiger partial charge is 0.352 e. The lowest BCUT2D eigenvalue weighted by atomic mass is 10.2. The Labute approximate surface area is 167 Å². The lowest BCUT2D eigenvalue weighted by Crippen LogP contribution is -2.20. The molecule has 2 unspecified atom stereocenters. The Morgan fingerprint density at radius 3 is 3.00 bits per heavy atom. The van der Waals surface area contributed by atoms with Gasteiger partial charge in [0.2, 0.25) is 5.28 Å². The minimum Gasteiger partial charge on any atom is -0.472 e. The molecule has 11 heteroatoms. The molecule has 3 rings (SSSR count). The first kappa shape index (κ1) is 20.3. The third-order valence-corrected chi connectivity index (χ3v) is 4.82. The van der Waals surface area contributed by atoms with E-state index in [0.29, 0.717) is 31.1 Å². The van der Waals surface area contributed by atoms with Crippen LogP contribution < -0.4 is 10.1 Å². The van der Waals surface area contributed by atoms with Crippen LogP contribution in [0.25, 0.3) is 0 Å². The topological polar surface area (TPSA) is 117 Å². The zero-order valence-electron chi connectivity index (χ0n) is 16.0. The van der Waals surface area contributed by atoms with Crippen molar-refractivity contribution in [3.05, 3.63) is 32.9 Å². The Morgan fingerprint density at radius 2 is 2.32 bits per heavy atom. The molecule has 28 heavy (non-hydrogen) atoms. The highest BCUT2D eigenvalue weighted by Gasteiger charge is 2.31. The fraction of sp³-hybridized carbons (Fsp3) is 0.588. The van der Waals surface area contributed by atoms with Crippen molar-refractivity contribution in [2.45, 2.75) is 45.7 Å². The summed E-state index contributed by atoms with van der Waals surface area (Å²) in [4.78, 5) is 19.1. The van der Waals surface area contributed by atoms with Gasteiger partial charge in [0.05, 0.1) is 24.2 Å². The predicted molar refractivity (Wildman–Crippen MR) is 103 cm³/mol. The van der Waals surface area contributed by atoms with Gasteiger partial charge < -0.3 is 14.8 Å². The van der Waals surface area contributed by atoms with Gasteiger partial charge in [-0.1, -0.05) is 0 Å². The van der Waals surface area contributed by atoms with Crippen LogP contribution in [0.4, 0.5) is 11.5 Å². The summed E-state index contributed by atoms with van der Waals surface area (Å²) in [5, 5.41) is 19.2. The molecule has 10 nitrogen and oxygen atoms in total. The van der Waals surface area contributed by atoms with Crippen molar-refractivity contribution < 1.29 is 14.4 Å². The van der Waals surface area contributed by atoms with E-state index in [1.165, 1.54) is 0 Å². The third kappa shape index (κ3) is 4.50. The third-order valence-electron chi connectivity index (χ3n) is 4.64. The van der Waals surface area contributed by atoms with Crippen LogP contribution in [-0.4, -0.2) is 50.5 Å². The van der Waals surface area contributed by atoms with E-state index in [1.54, 1.807) is 17.8 Å². The number of ether oxygens (including phenoxy) is 2. The number of aromatic nitrogens is 4. The number of nitrogens with zero attached hydrogens (tertiary/aromatic N) is 5. The van der Waals surface area contributed by atoms with Gasteiger partial charge in [-0.25, -0.2) is 9.97 Å². The van der Waals surface area contributed by atoms with Gasteiger partial charge in [0.1, 0.15) is 11.5 Å². The largest absolute Gasteiger partial charge is 0.472 e. The number of nitrogens with one attached hydrogen (secondary N) is 1. The average molecular weight is 411 g/mol. The molecule has 2 aromatic heterocycles. The summed E-state index contributed by atoms with van der Waals surface area (Å²) in [7, 11) is 0. The summed E-state index contributed by atoms with van der Waals surface area (Å²) in [5.74, 6) is 0.697. The van der Waals surface area contributed by atoms with Crippen LogP contribution in [0.1, 0.15) is 37.1 Å². The minimum atomic E-state index is -0.447. The van der Waals surface area contributed by atoms with Gasteiger partial charge in [-0.15, -0.1) is 5.10 Å². The molecule has 2 aromatic rings. The van der Waals surface area contributed by atoms with Crippen molar-refractivity contribution in [1.82, 2.24) is 19.7 Å². The Balaban J connectivity index is 1.63. The van der Waals surface area contributed by atoms with Gasteiger partial charge in [0.25, 0.3) is 0 Å². The van der Waals surface area contributed by atoms with Gasteiger partial charge >= 0.3 is 11.6 Å². The molecule has 0 saturated carbocycles. The number of hydrogen-bond acceptors (Lipinski definition) is 8. The number of halogens is 1. The van der Waals surface area contributed by atoms with Crippen molar-refractivity contribution in [2.24, 2.45) is 0 Å². The van der Waals surface area contributed by atoms with Crippen molar-refractivity contribution in [1.29, 1.82) is 0 Å². The SMILES string of the molecule is Cc1cnc(Cl)nc1NC(C)CCOc1nn(C2CCOC2)c(C)c1[N+](=O)[O-]. The first-order valence-corrected chi connectivity index (χ1v) is 9.44. The normalized spacial score (nSPS) is 17.5. The van der Waals surface area contributed by atoms with Crippen LogP contribution in [0.3, 0.4) is 0 Å². The molecule has 2 atom stereocenters. The van der Waals surface area contributed by atoms with E-state index < -0.39 is 4.92 Å². The molecular weight excluding hydrogens is 388 g/mol. The van der Waals surface area contributed by atoms with Crippen molar-refractivity contribution >= 4 is 23.1 Å². The second-order valence-electron chi connectivity index (χ2n) is 6.81. The molecule has 0 aliphatic carbocycles. The molecule has 1 saturated heterocycles. The highest BCUT2D eigenvalue weighted by atomic mass is 35.5. The van der Waals surface area contributed by atoms with Gasteiger partial charge in [-0.3, -0.25) is 14.8 Å². The molecule has 0 bridgehead atoms. The van der Waals surface area contributed by atoms with E-state index in [-0.39, 0.29) is 35.5 Å². The standard InChI is InChI=1S/C17H23ClN6O4/c1-10-8-19-17(18)21-15(10)20-11(2)4-7-28-16-14(24(25)26)12(3)23(22-16)13-5-6-27-9-13/h8,11,13H,4-7,9H2,1-3H3,(H,19,20,21). The van der Waals surface area contributed by atoms with E-state index in [1.807, 2.05) is 13.8 Å². The lowest BCUT2D eigenvalue weighted by Gasteiger charge is -2.15. The molecule has 1 N–H and O–H groups in total. The lowest BCUT2D eigenvalue weighted by molar-refractivity contribution is -0.386. The van der Waals surface area contributed by atoms with Gasteiger partial charge in [-0.2, -0.15) is 0 Å². The molecule has 0 spiro atoms. The fourth-order valence-electron chi connectivity index (χ4n) is 3.07. The fourth-order valence-corrected chi connectivity index (χ4v) is 3.20. The quantitative estimate of drug-likeness (QED) is 0.400. The summed E-state index contributed by atoms with van der Waals surface area (Å²) in [6, 6.07) is 0.0114. The highest BCUT2D eigenvalue weighted by molar-refractivity contribution is 6.28. The van der Waals surface area contributed by atoms with E-state index in [0.717, 1.165) is 12.0 Å². The van der Waals surface area contributed by atoms with E-state index in [4.69, 9.17) is 21.1 Å². The molecule has 3 heterocycles. The van der Waals surface area contributed by atoms with Gasteiger partial charge in [-0.05, 0) is 38.8 Å². The summed E-state index contributed by atoms with van der Waals surface area (Å²) in [6.07, 6.45) is 3.02. The van der Waals surface area contributed by atoms with Crippen LogP contribution >= 0.6 is 11.6 Å². The molecular formula is C17H23ClN6O4. The van der Waals surface area contributed by atoms with Crippen molar-refractivity contribution in [3.8, 4) is 5.88 Å². The summed E-state index contributed by atoms with van der Waals surface area (Å²) in [5.41, 5.74) is 1.26. The predicted octanol–water partition coefficient (Wildman–Crippen LogP) is 3.08. The van der Waals surface area contributed by atoms with Gasteiger partial charge in [0.15, 0.2) is 0 Å². The maximum Gasteiger partial charge on any atom is 0.352 e. The molecule has 0 amide bonds. The Hall–Kier alpha value is -2.46. The van der Waals surface area contributed by atoms with Crippen LogP contribution in [0.2, 0.25) is 5.28 Å². The van der Waals surface area contributed by atoms with Crippen LogP contribution in [0.15, 0.2) is 6.20 Å². The molecule has 1 aliphatic rings. The maximum atomic E-state index is 11.5. The van der Waals surface area contributed by atoms with E-state index in [2.05, 4.69) is 20.4 Å². The van der Waals surface area contributed by atoms with Crippen molar-refractivity contribution in [3.63, 3.8) is 0 Å². The van der Waals surface area contributed by atoms with Gasteiger partial charge in [0, 0.05) is 30.8 Å². The first-order chi connectivity index (χ1) is 13.4. The Bertz CT molecular complexity index is 852. The molecule has 1 fully saturated rings. The zero-order valence-corrected chi connectivity index (χ0v) is 16.8. The zero-order chi connectivity index (χ0) is 20.3. The summed E-state index contributed by atoms with van der Waals surface area (Å²) < 4.78 is 12.7. The second-order valence-corrected chi connectivity index (χ2v) is 7.15. The maximum absolute atomic E-state index is 11.5. The molecule has 152 valence electrons. The molecule has 0 aromatic carbocycles. The number of hydrogen-bond donors (Lipinski definition) is 1. The first-order valence-electron chi connectivity index (χ1n) is 9.06. The number of rotatable bonds is 8. The van der Waals surface area contributed by atoms with Crippen LogP contribution in [-0.2, 0) is 4.74 Å². The van der Waals surface area contributed by atoms with Crippen LogP contribution in [0, 0.1) is 24.0 Å². The number of anilines is 1. The molecule has 1 aliphatic heterocycles. The second kappa shape index (κ2) is 8.70. The van der Waals surface area contributed by atoms with Crippen LogP contribution in [0.5, 0.6) is 5.88 Å². The monoisotopic (exact) mass is 410 g/mol.